The number of hydrogen-bond donors (Lipinski definition) is 1. The summed E-state index contributed by atoms with van der Waals surface area (Å²) < 4.78 is 0. The van der Waals surface area contributed by atoms with E-state index in [0.29, 0.717) is 0 Å². The zero-order valence-corrected chi connectivity index (χ0v) is 11.4. The van der Waals surface area contributed by atoms with Crippen LogP contribution in [0.1, 0.15) is 23.6 Å². The number of rotatable bonds is 0. The number of benzene rings is 2. The lowest BCUT2D eigenvalue weighted by atomic mass is 9.75. The van der Waals surface area contributed by atoms with E-state index in [9.17, 15) is 0 Å². The van der Waals surface area contributed by atoms with Gasteiger partial charge in [0.05, 0.1) is 11.4 Å². The molecule has 2 aliphatic rings. The number of nitrogens with zero attached hydrogens (tertiary/aromatic N) is 1. The second-order valence-corrected chi connectivity index (χ2v) is 5.78. The second kappa shape index (κ2) is 3.83. The number of fused-ring (bicyclic) bond motifs is 4. The van der Waals surface area contributed by atoms with Crippen molar-refractivity contribution in [2.45, 2.75) is 18.8 Å². The van der Waals surface area contributed by atoms with E-state index in [4.69, 9.17) is 10.7 Å². The van der Waals surface area contributed by atoms with Crippen LogP contribution in [0.15, 0.2) is 59.6 Å². The summed E-state index contributed by atoms with van der Waals surface area (Å²) in [6, 6.07) is 16.8. The fraction of sp³-hybridized carbons (Fsp3) is 0.167. The number of para-hydroxylation sites is 1. The van der Waals surface area contributed by atoms with Crippen molar-refractivity contribution in [3.05, 3.63) is 71.3 Å². The number of nitrogens with two attached hydrogens (primary N) is 1. The summed E-state index contributed by atoms with van der Waals surface area (Å²) in [6.45, 7) is 2.27. The van der Waals surface area contributed by atoms with Crippen molar-refractivity contribution >= 4 is 17.1 Å². The van der Waals surface area contributed by atoms with Crippen molar-refractivity contribution in [3.63, 3.8) is 0 Å². The Bertz CT molecular complexity index is 770. The van der Waals surface area contributed by atoms with Crippen LogP contribution in [-0.4, -0.2) is 5.71 Å². The first kappa shape index (κ1) is 11.5. The van der Waals surface area contributed by atoms with E-state index in [-0.39, 0.29) is 5.41 Å². The topological polar surface area (TPSA) is 38.4 Å². The molecule has 0 radical (unpaired) electrons. The summed E-state index contributed by atoms with van der Waals surface area (Å²) in [6.07, 6.45) is 2.99. The van der Waals surface area contributed by atoms with Gasteiger partial charge in [-0.2, -0.15) is 0 Å². The molecular weight excluding hydrogens is 244 g/mol. The van der Waals surface area contributed by atoms with Crippen LogP contribution >= 0.6 is 0 Å². The van der Waals surface area contributed by atoms with Gasteiger partial charge in [0, 0.05) is 16.7 Å². The third kappa shape index (κ3) is 1.42. The molecule has 20 heavy (non-hydrogen) atoms. The average Bonchev–Trinajstić information content (AvgIpc) is 2.66. The van der Waals surface area contributed by atoms with Gasteiger partial charge in [-0.3, -0.25) is 4.99 Å². The van der Waals surface area contributed by atoms with Gasteiger partial charge in [-0.15, -0.1) is 0 Å². The van der Waals surface area contributed by atoms with Crippen molar-refractivity contribution in [1.29, 1.82) is 0 Å². The van der Waals surface area contributed by atoms with E-state index in [1.165, 1.54) is 11.1 Å². The Morgan fingerprint density at radius 3 is 2.70 bits per heavy atom. The molecule has 2 heteroatoms. The smallest absolute Gasteiger partial charge is 0.0675 e. The van der Waals surface area contributed by atoms with Crippen LogP contribution in [0, 0.1) is 0 Å². The summed E-state index contributed by atoms with van der Waals surface area (Å²) in [4.78, 5) is 4.80. The van der Waals surface area contributed by atoms with Gasteiger partial charge in [0.2, 0.25) is 0 Å². The van der Waals surface area contributed by atoms with E-state index < -0.39 is 0 Å². The third-order valence-electron chi connectivity index (χ3n) is 4.47. The number of allylic oxidation sites excluding steroid dienone is 1. The van der Waals surface area contributed by atoms with Gasteiger partial charge in [0.1, 0.15) is 0 Å². The van der Waals surface area contributed by atoms with Gasteiger partial charge >= 0.3 is 0 Å². The first-order chi connectivity index (χ1) is 9.68. The van der Waals surface area contributed by atoms with Gasteiger partial charge in [-0.1, -0.05) is 42.5 Å². The molecule has 2 aromatic carbocycles. The van der Waals surface area contributed by atoms with E-state index in [1.54, 1.807) is 0 Å². The Labute approximate surface area is 118 Å². The van der Waals surface area contributed by atoms with Gasteiger partial charge < -0.3 is 5.73 Å². The largest absolute Gasteiger partial charge is 0.398 e. The van der Waals surface area contributed by atoms with Crippen LogP contribution in [0.4, 0.5) is 5.69 Å². The molecule has 0 saturated heterocycles. The maximum absolute atomic E-state index is 6.28. The highest BCUT2D eigenvalue weighted by molar-refractivity contribution is 6.12. The Balaban J connectivity index is 1.99. The van der Waals surface area contributed by atoms with Crippen molar-refractivity contribution < 1.29 is 0 Å². The lowest BCUT2D eigenvalue weighted by Crippen LogP contribution is -2.30. The first-order valence-corrected chi connectivity index (χ1v) is 6.93. The van der Waals surface area contributed by atoms with E-state index >= 15 is 0 Å². The molecule has 0 saturated carbocycles. The molecule has 1 heterocycles. The molecule has 2 nitrogen and oxygen atoms in total. The summed E-state index contributed by atoms with van der Waals surface area (Å²) in [5.41, 5.74) is 12.9. The predicted molar refractivity (Wildman–Crippen MR) is 83.2 cm³/mol. The zero-order chi connectivity index (χ0) is 13.7. The first-order valence-electron chi connectivity index (χ1n) is 6.93. The molecule has 0 aromatic heterocycles. The Kier molecular flexibility index (Phi) is 2.19. The molecular formula is C18H16N2. The average molecular weight is 260 g/mol. The second-order valence-electron chi connectivity index (χ2n) is 5.78. The van der Waals surface area contributed by atoms with Crippen LogP contribution in [-0.2, 0) is 11.8 Å². The molecule has 0 spiro atoms. The van der Waals surface area contributed by atoms with Crippen molar-refractivity contribution in [3.8, 4) is 0 Å². The lowest BCUT2D eigenvalue weighted by Gasteiger charge is -2.25. The summed E-state index contributed by atoms with van der Waals surface area (Å²) in [5.74, 6) is 0. The lowest BCUT2D eigenvalue weighted by molar-refractivity contribution is 0.651. The van der Waals surface area contributed by atoms with Crippen LogP contribution in [0.3, 0.4) is 0 Å². The highest BCUT2D eigenvalue weighted by Crippen LogP contribution is 2.44. The highest BCUT2D eigenvalue weighted by Gasteiger charge is 2.40. The minimum Gasteiger partial charge on any atom is -0.398 e. The summed E-state index contributed by atoms with van der Waals surface area (Å²) in [5, 5.41) is 0. The van der Waals surface area contributed by atoms with Crippen molar-refractivity contribution in [1.82, 2.24) is 0 Å². The zero-order valence-electron chi connectivity index (χ0n) is 11.4. The van der Waals surface area contributed by atoms with Crippen molar-refractivity contribution in [2.75, 3.05) is 0 Å². The van der Waals surface area contributed by atoms with Crippen LogP contribution in [0.2, 0.25) is 0 Å². The number of hydrogen-bond acceptors (Lipinski definition) is 2. The monoisotopic (exact) mass is 260 g/mol. The van der Waals surface area contributed by atoms with Gasteiger partial charge in [-0.25, -0.2) is 0 Å². The molecule has 0 amide bonds. The summed E-state index contributed by atoms with van der Waals surface area (Å²) in [7, 11) is 0. The molecule has 2 aromatic rings. The number of aliphatic imine (C=N–C) groups is 1. The fourth-order valence-electron chi connectivity index (χ4n) is 3.37. The normalized spacial score (nSPS) is 23.1. The standard InChI is InChI=1S/C18H16N2/c1-18-11-12-6-2-3-7-13(12)15(19)10-17(18)20-16-9-5-4-8-14(16)18/h2-10H,11,19H2,1H3. The van der Waals surface area contributed by atoms with Crippen LogP contribution < -0.4 is 5.73 Å². The molecule has 1 atom stereocenters. The highest BCUT2D eigenvalue weighted by atomic mass is 14.8. The van der Waals surface area contributed by atoms with E-state index in [0.717, 1.165) is 29.1 Å². The molecule has 1 aliphatic carbocycles. The molecule has 4 rings (SSSR count). The minimum atomic E-state index is -0.0756. The Morgan fingerprint density at radius 2 is 1.80 bits per heavy atom. The molecule has 1 unspecified atom stereocenters. The van der Waals surface area contributed by atoms with Crippen LogP contribution in [0.25, 0.3) is 5.70 Å². The molecule has 1 aliphatic heterocycles. The fourth-order valence-corrected chi connectivity index (χ4v) is 3.37. The van der Waals surface area contributed by atoms with E-state index in [2.05, 4.69) is 43.3 Å². The van der Waals surface area contributed by atoms with Crippen LogP contribution in [0.5, 0.6) is 0 Å². The predicted octanol–water partition coefficient (Wildman–Crippen LogP) is 3.59. The maximum atomic E-state index is 6.28. The quantitative estimate of drug-likeness (QED) is 0.772. The SMILES string of the molecule is CC12Cc3ccccc3C(N)=CC1=Nc1ccccc12. The maximum Gasteiger partial charge on any atom is 0.0675 e. The van der Waals surface area contributed by atoms with Crippen molar-refractivity contribution in [2.24, 2.45) is 10.7 Å². The van der Waals surface area contributed by atoms with Gasteiger partial charge in [0.25, 0.3) is 0 Å². The van der Waals surface area contributed by atoms with Gasteiger partial charge in [-0.05, 0) is 36.6 Å². The molecule has 98 valence electrons. The van der Waals surface area contributed by atoms with Gasteiger partial charge in [0.15, 0.2) is 0 Å². The third-order valence-corrected chi connectivity index (χ3v) is 4.47. The molecule has 0 fully saturated rings. The molecule has 2 N–H and O–H groups in total. The summed E-state index contributed by atoms with van der Waals surface area (Å²) >= 11 is 0. The Morgan fingerprint density at radius 1 is 1.05 bits per heavy atom. The molecule has 0 bridgehead atoms. The van der Waals surface area contributed by atoms with E-state index in [1.807, 2.05) is 18.2 Å². The minimum absolute atomic E-state index is 0.0756. The Hall–Kier alpha value is -2.35.